The Morgan fingerprint density at radius 2 is 2.21 bits per heavy atom. The minimum atomic E-state index is -0.210. The maximum atomic E-state index is 11.5. The van der Waals surface area contributed by atoms with E-state index in [4.69, 9.17) is 4.74 Å². The van der Waals surface area contributed by atoms with Crippen LogP contribution in [0.1, 0.15) is 23.2 Å². The zero-order valence-corrected chi connectivity index (χ0v) is 11.3. The summed E-state index contributed by atoms with van der Waals surface area (Å²) in [6.07, 6.45) is 0.714. The first-order chi connectivity index (χ1) is 9.08. The number of methoxy groups -OCH3 is 1. The number of carbonyl (C=O) groups excluding carboxylic acids is 1. The van der Waals surface area contributed by atoms with E-state index < -0.39 is 0 Å². The van der Waals surface area contributed by atoms with Crippen LogP contribution < -0.4 is 4.90 Å². The van der Waals surface area contributed by atoms with Crippen LogP contribution in [0.15, 0.2) is 0 Å². The molecule has 0 bridgehead atoms. The highest BCUT2D eigenvalue weighted by atomic mass is 16.5. The van der Waals surface area contributed by atoms with Crippen molar-refractivity contribution in [2.24, 2.45) is 5.92 Å². The Bertz CT molecular complexity index is 550. The summed E-state index contributed by atoms with van der Waals surface area (Å²) in [6.45, 7) is 4.90. The number of hydrogen-bond acceptors (Lipinski definition) is 6. The molecule has 2 rings (SSSR count). The molecule has 19 heavy (non-hydrogen) atoms. The monoisotopic (exact) mass is 260 g/mol. The van der Waals surface area contributed by atoms with E-state index in [1.165, 1.54) is 7.11 Å². The lowest BCUT2D eigenvalue weighted by Crippen LogP contribution is -2.25. The second kappa shape index (κ2) is 5.22. The molecule has 100 valence electrons. The number of nitrogens with zero attached hydrogens (tertiary/aromatic N) is 4. The predicted molar refractivity (Wildman–Crippen MR) is 68.6 cm³/mol. The number of aromatic nitrogens is 2. The standard InChI is InChI=1S/C13H16N4O2/c1-8-9(2)15-16-12(11(8)6-14)17-5-4-10(7-17)13(18)19-3/h10H,4-5,7H2,1-3H3. The molecule has 6 nitrogen and oxygen atoms in total. The summed E-state index contributed by atoms with van der Waals surface area (Å²) < 4.78 is 4.75. The smallest absolute Gasteiger partial charge is 0.310 e. The van der Waals surface area contributed by atoms with E-state index in [1.54, 1.807) is 0 Å². The highest BCUT2D eigenvalue weighted by Crippen LogP contribution is 2.27. The van der Waals surface area contributed by atoms with E-state index in [1.807, 2.05) is 18.7 Å². The van der Waals surface area contributed by atoms with Crippen molar-refractivity contribution in [2.45, 2.75) is 20.3 Å². The van der Waals surface area contributed by atoms with Gasteiger partial charge in [-0.1, -0.05) is 0 Å². The van der Waals surface area contributed by atoms with Crippen LogP contribution in [-0.2, 0) is 9.53 Å². The number of anilines is 1. The Balaban J connectivity index is 2.28. The van der Waals surface area contributed by atoms with E-state index in [0.29, 0.717) is 30.9 Å². The second-order valence-corrected chi connectivity index (χ2v) is 4.68. The molecular formula is C13H16N4O2. The van der Waals surface area contributed by atoms with Crippen LogP contribution in [0.25, 0.3) is 0 Å². The quantitative estimate of drug-likeness (QED) is 0.737. The summed E-state index contributed by atoms with van der Waals surface area (Å²) in [5.74, 6) is 0.203. The number of aryl methyl sites for hydroxylation is 1. The number of rotatable bonds is 2. The SMILES string of the molecule is COC(=O)C1CCN(c2nnc(C)c(C)c2C#N)C1. The summed E-state index contributed by atoms with van der Waals surface area (Å²) in [5.41, 5.74) is 2.14. The Hall–Kier alpha value is -2.16. The molecule has 0 spiro atoms. The molecule has 1 aliphatic rings. The molecule has 0 N–H and O–H groups in total. The van der Waals surface area contributed by atoms with Crippen LogP contribution in [-0.4, -0.2) is 36.4 Å². The minimum Gasteiger partial charge on any atom is -0.469 e. The average molecular weight is 260 g/mol. The van der Waals surface area contributed by atoms with E-state index in [9.17, 15) is 10.1 Å². The maximum absolute atomic E-state index is 11.5. The van der Waals surface area contributed by atoms with Crippen LogP contribution in [0.3, 0.4) is 0 Å². The van der Waals surface area contributed by atoms with Crippen LogP contribution in [0.5, 0.6) is 0 Å². The molecule has 0 aromatic carbocycles. The fraction of sp³-hybridized carbons (Fsp3) is 0.538. The third-order valence-electron chi connectivity index (χ3n) is 3.57. The second-order valence-electron chi connectivity index (χ2n) is 4.68. The predicted octanol–water partition coefficient (Wildman–Crippen LogP) is 0.964. The maximum Gasteiger partial charge on any atom is 0.310 e. The number of hydrogen-bond donors (Lipinski definition) is 0. The van der Waals surface area contributed by atoms with E-state index >= 15 is 0 Å². The number of esters is 1. The molecular weight excluding hydrogens is 244 g/mol. The van der Waals surface area contributed by atoms with Gasteiger partial charge in [0.05, 0.1) is 18.7 Å². The molecule has 1 aromatic heterocycles. The zero-order valence-electron chi connectivity index (χ0n) is 11.3. The molecule has 1 unspecified atom stereocenters. The first-order valence-corrected chi connectivity index (χ1v) is 6.15. The fourth-order valence-electron chi connectivity index (χ4n) is 2.26. The van der Waals surface area contributed by atoms with Gasteiger partial charge in [0.15, 0.2) is 5.82 Å². The van der Waals surface area contributed by atoms with Crippen molar-refractivity contribution in [3.8, 4) is 6.07 Å². The third-order valence-corrected chi connectivity index (χ3v) is 3.57. The Kier molecular flexibility index (Phi) is 3.65. The van der Waals surface area contributed by atoms with E-state index in [0.717, 1.165) is 11.3 Å². The van der Waals surface area contributed by atoms with Gasteiger partial charge in [0.2, 0.25) is 0 Å². The van der Waals surface area contributed by atoms with Gasteiger partial charge in [-0.25, -0.2) is 0 Å². The molecule has 1 aliphatic heterocycles. The van der Waals surface area contributed by atoms with E-state index in [2.05, 4.69) is 16.3 Å². The van der Waals surface area contributed by atoms with Crippen LogP contribution in [0.4, 0.5) is 5.82 Å². The lowest BCUT2D eigenvalue weighted by Gasteiger charge is -2.18. The molecule has 0 aliphatic carbocycles. The number of ether oxygens (including phenoxy) is 1. The molecule has 1 aromatic rings. The molecule has 1 saturated heterocycles. The Morgan fingerprint density at radius 3 is 2.84 bits per heavy atom. The van der Waals surface area contributed by atoms with Gasteiger partial charge in [0.25, 0.3) is 0 Å². The van der Waals surface area contributed by atoms with Crippen molar-refractivity contribution in [3.63, 3.8) is 0 Å². The zero-order chi connectivity index (χ0) is 14.0. The van der Waals surface area contributed by atoms with Crippen molar-refractivity contribution in [1.82, 2.24) is 10.2 Å². The largest absolute Gasteiger partial charge is 0.469 e. The highest BCUT2D eigenvalue weighted by Gasteiger charge is 2.31. The first kappa shape index (κ1) is 13.3. The molecule has 2 heterocycles. The summed E-state index contributed by atoms with van der Waals surface area (Å²) in [4.78, 5) is 13.4. The normalized spacial score (nSPS) is 18.2. The van der Waals surface area contributed by atoms with Gasteiger partial charge in [-0.05, 0) is 25.8 Å². The Labute approximate surface area is 112 Å². The summed E-state index contributed by atoms with van der Waals surface area (Å²) >= 11 is 0. The van der Waals surface area contributed by atoms with Crippen molar-refractivity contribution in [2.75, 3.05) is 25.1 Å². The van der Waals surface area contributed by atoms with Crippen molar-refractivity contribution in [3.05, 3.63) is 16.8 Å². The van der Waals surface area contributed by atoms with Crippen LogP contribution in [0, 0.1) is 31.1 Å². The highest BCUT2D eigenvalue weighted by molar-refractivity contribution is 5.74. The average Bonchev–Trinajstić information content (AvgIpc) is 2.90. The fourth-order valence-corrected chi connectivity index (χ4v) is 2.26. The Morgan fingerprint density at radius 1 is 1.47 bits per heavy atom. The van der Waals surface area contributed by atoms with Gasteiger partial charge in [0, 0.05) is 13.1 Å². The van der Waals surface area contributed by atoms with Gasteiger partial charge >= 0.3 is 5.97 Å². The molecule has 1 fully saturated rings. The van der Waals surface area contributed by atoms with Crippen LogP contribution in [0.2, 0.25) is 0 Å². The summed E-state index contributed by atoms with van der Waals surface area (Å²) in [5, 5.41) is 17.4. The van der Waals surface area contributed by atoms with Gasteiger partial charge in [0.1, 0.15) is 11.6 Å². The van der Waals surface area contributed by atoms with Crippen LogP contribution >= 0.6 is 0 Å². The number of carbonyl (C=O) groups is 1. The molecule has 1 atom stereocenters. The van der Waals surface area contributed by atoms with Gasteiger partial charge in [-0.2, -0.15) is 10.4 Å². The summed E-state index contributed by atoms with van der Waals surface area (Å²) in [7, 11) is 1.39. The van der Waals surface area contributed by atoms with Gasteiger partial charge in [-0.15, -0.1) is 5.10 Å². The van der Waals surface area contributed by atoms with Crippen molar-refractivity contribution in [1.29, 1.82) is 5.26 Å². The van der Waals surface area contributed by atoms with Crippen molar-refractivity contribution < 1.29 is 9.53 Å². The third kappa shape index (κ3) is 2.36. The molecule has 6 heteroatoms. The first-order valence-electron chi connectivity index (χ1n) is 6.15. The molecule has 0 amide bonds. The molecule has 0 saturated carbocycles. The minimum absolute atomic E-state index is 0.153. The van der Waals surface area contributed by atoms with Gasteiger partial charge in [-0.3, -0.25) is 4.79 Å². The van der Waals surface area contributed by atoms with Crippen molar-refractivity contribution >= 4 is 11.8 Å². The number of nitriles is 1. The lowest BCUT2D eigenvalue weighted by molar-refractivity contribution is -0.144. The lowest BCUT2D eigenvalue weighted by atomic mass is 10.1. The van der Waals surface area contributed by atoms with Gasteiger partial charge < -0.3 is 9.64 Å². The topological polar surface area (TPSA) is 79.1 Å². The summed E-state index contributed by atoms with van der Waals surface area (Å²) in [6, 6.07) is 2.18. The van der Waals surface area contributed by atoms with E-state index in [-0.39, 0.29) is 11.9 Å². The molecule has 0 radical (unpaired) electrons.